The van der Waals surface area contributed by atoms with Crippen LogP contribution in [0.1, 0.15) is 0 Å². The molecule has 67 heavy (non-hydrogen) atoms. The van der Waals surface area contributed by atoms with Gasteiger partial charge >= 0.3 is 0 Å². The maximum absolute atomic E-state index is 2.39. The van der Waals surface area contributed by atoms with E-state index in [0.717, 1.165) is 34.0 Å². The van der Waals surface area contributed by atoms with Gasteiger partial charge in [0.25, 0.3) is 0 Å². The van der Waals surface area contributed by atoms with Gasteiger partial charge < -0.3 is 14.0 Å². The minimum Gasteiger partial charge on any atom is -0.311 e. The lowest BCUT2D eigenvalue weighted by atomic mass is 9.98. The first kappa shape index (κ1) is 38.5. The Morgan fingerprint density at radius 2 is 0.582 bits per heavy atom. The summed E-state index contributed by atoms with van der Waals surface area (Å²) in [4.78, 5) is 2.36. The summed E-state index contributed by atoms with van der Waals surface area (Å²) in [7, 11) is 0. The van der Waals surface area contributed by atoms with E-state index < -0.39 is 0 Å². The standard InChI is InChI=1S/C64H43N3/c1-2-13-49-42-51(29-28-44(49)12-1)47-26-24-45(25-27-47)46-30-34-52(35-31-46)65(54-38-40-55(41-39-54)66-61-20-7-3-16-57(61)58-17-4-8-21-62(58)66)53-36-32-48(33-37-53)50-14-11-15-56(43-50)67-63-22-9-5-18-59(63)60-19-6-10-23-64(60)67/h1-43H. The second-order valence-corrected chi connectivity index (χ2v) is 17.4. The van der Waals surface area contributed by atoms with Gasteiger partial charge in [-0.25, -0.2) is 0 Å². The second kappa shape index (κ2) is 16.0. The molecule has 0 N–H and O–H groups in total. The van der Waals surface area contributed by atoms with Crippen molar-refractivity contribution in [2.24, 2.45) is 0 Å². The molecule has 0 bridgehead atoms. The lowest BCUT2D eigenvalue weighted by molar-refractivity contribution is 1.17. The fraction of sp³-hybridized carbons (Fsp3) is 0. The van der Waals surface area contributed by atoms with Crippen molar-refractivity contribution in [1.82, 2.24) is 9.13 Å². The fourth-order valence-corrected chi connectivity index (χ4v) is 10.3. The smallest absolute Gasteiger partial charge is 0.0541 e. The van der Waals surface area contributed by atoms with E-state index in [1.807, 2.05) is 0 Å². The van der Waals surface area contributed by atoms with Gasteiger partial charge in [-0.3, -0.25) is 0 Å². The Balaban J connectivity index is 0.862. The first-order valence-corrected chi connectivity index (χ1v) is 23.0. The summed E-state index contributed by atoms with van der Waals surface area (Å²) < 4.78 is 4.76. The molecule has 0 aliphatic heterocycles. The van der Waals surface area contributed by atoms with Crippen LogP contribution in [0.2, 0.25) is 0 Å². The molecule has 0 spiro atoms. The number of benzene rings is 11. The summed E-state index contributed by atoms with van der Waals surface area (Å²) in [6, 6.07) is 94.9. The molecule has 0 saturated heterocycles. The largest absolute Gasteiger partial charge is 0.311 e. The van der Waals surface area contributed by atoms with Gasteiger partial charge in [-0.05, 0) is 135 Å². The van der Waals surface area contributed by atoms with Gasteiger partial charge in [0.05, 0.1) is 22.1 Å². The minimum atomic E-state index is 1.08. The van der Waals surface area contributed by atoms with Crippen molar-refractivity contribution in [3.63, 3.8) is 0 Å². The van der Waals surface area contributed by atoms with E-state index >= 15 is 0 Å². The van der Waals surface area contributed by atoms with E-state index in [1.54, 1.807) is 0 Å². The van der Waals surface area contributed by atoms with Gasteiger partial charge in [0, 0.05) is 50.0 Å². The van der Waals surface area contributed by atoms with E-state index in [1.165, 1.54) is 82.2 Å². The number of hydrogen-bond donors (Lipinski definition) is 0. The van der Waals surface area contributed by atoms with Gasteiger partial charge in [0.1, 0.15) is 0 Å². The number of aromatic nitrogens is 2. The third-order valence-electron chi connectivity index (χ3n) is 13.5. The molecule has 0 radical (unpaired) electrons. The lowest BCUT2D eigenvalue weighted by Gasteiger charge is -2.26. The number of rotatable bonds is 8. The normalized spacial score (nSPS) is 11.6. The lowest BCUT2D eigenvalue weighted by Crippen LogP contribution is -2.10. The molecule has 13 rings (SSSR count). The highest BCUT2D eigenvalue weighted by Gasteiger charge is 2.17. The molecule has 3 nitrogen and oxygen atoms in total. The second-order valence-electron chi connectivity index (χ2n) is 17.4. The van der Waals surface area contributed by atoms with Crippen LogP contribution in [0.25, 0.3) is 99.1 Å². The Morgan fingerprint density at radius 1 is 0.224 bits per heavy atom. The molecule has 2 heterocycles. The number of hydrogen-bond acceptors (Lipinski definition) is 1. The van der Waals surface area contributed by atoms with Crippen LogP contribution >= 0.6 is 0 Å². The van der Waals surface area contributed by atoms with E-state index in [4.69, 9.17) is 0 Å². The molecular formula is C64H43N3. The molecule has 0 aliphatic carbocycles. The Labute approximate surface area is 389 Å². The van der Waals surface area contributed by atoms with E-state index in [0.29, 0.717) is 0 Å². The van der Waals surface area contributed by atoms with Crippen molar-refractivity contribution in [2.45, 2.75) is 0 Å². The zero-order valence-corrected chi connectivity index (χ0v) is 36.7. The molecule has 3 heteroatoms. The monoisotopic (exact) mass is 853 g/mol. The van der Waals surface area contributed by atoms with Crippen molar-refractivity contribution in [1.29, 1.82) is 0 Å². The van der Waals surface area contributed by atoms with Crippen LogP contribution in [-0.2, 0) is 0 Å². The Bertz CT molecular complexity index is 3840. The first-order chi connectivity index (χ1) is 33.2. The maximum atomic E-state index is 2.39. The van der Waals surface area contributed by atoms with Gasteiger partial charge in [-0.1, -0.05) is 170 Å². The minimum absolute atomic E-state index is 1.08. The molecule has 0 fully saturated rings. The summed E-state index contributed by atoms with van der Waals surface area (Å²) in [5.74, 6) is 0. The van der Waals surface area contributed by atoms with Crippen molar-refractivity contribution >= 4 is 71.4 Å². The predicted octanol–water partition coefficient (Wildman–Crippen LogP) is 17.5. The Hall–Kier alpha value is -8.92. The van der Waals surface area contributed by atoms with Crippen molar-refractivity contribution in [3.8, 4) is 44.8 Å². The van der Waals surface area contributed by atoms with E-state index in [2.05, 4.69) is 275 Å². The summed E-state index contributed by atoms with van der Waals surface area (Å²) in [6.45, 7) is 0. The van der Waals surface area contributed by atoms with Crippen LogP contribution in [0, 0.1) is 0 Å². The van der Waals surface area contributed by atoms with Crippen LogP contribution in [0.15, 0.2) is 261 Å². The van der Waals surface area contributed by atoms with Crippen LogP contribution in [-0.4, -0.2) is 9.13 Å². The summed E-state index contributed by atoms with van der Waals surface area (Å²) in [5.41, 5.74) is 17.5. The molecule has 0 unspecified atom stereocenters. The van der Waals surface area contributed by atoms with Gasteiger partial charge in [0.2, 0.25) is 0 Å². The summed E-state index contributed by atoms with van der Waals surface area (Å²) in [5, 5.41) is 7.55. The van der Waals surface area contributed by atoms with Gasteiger partial charge in [0.15, 0.2) is 0 Å². The van der Waals surface area contributed by atoms with Crippen molar-refractivity contribution in [3.05, 3.63) is 261 Å². The Kier molecular flexibility index (Phi) is 9.17. The average Bonchev–Trinajstić information content (AvgIpc) is 3.92. The zero-order valence-electron chi connectivity index (χ0n) is 36.7. The summed E-state index contributed by atoms with van der Waals surface area (Å²) in [6.07, 6.45) is 0. The van der Waals surface area contributed by atoms with Crippen molar-refractivity contribution < 1.29 is 0 Å². The highest BCUT2D eigenvalue weighted by molar-refractivity contribution is 6.10. The Morgan fingerprint density at radius 3 is 1.07 bits per heavy atom. The summed E-state index contributed by atoms with van der Waals surface area (Å²) >= 11 is 0. The maximum Gasteiger partial charge on any atom is 0.0541 e. The molecule has 0 aliphatic rings. The van der Waals surface area contributed by atoms with E-state index in [9.17, 15) is 0 Å². The average molecular weight is 854 g/mol. The van der Waals surface area contributed by atoms with Gasteiger partial charge in [-0.2, -0.15) is 0 Å². The molecular weight excluding hydrogens is 811 g/mol. The molecule has 0 saturated carbocycles. The van der Waals surface area contributed by atoms with Crippen molar-refractivity contribution in [2.75, 3.05) is 4.90 Å². The third kappa shape index (κ3) is 6.67. The molecule has 13 aromatic rings. The molecule has 0 atom stereocenters. The molecule has 0 amide bonds. The number of nitrogens with zero attached hydrogens (tertiary/aromatic N) is 3. The third-order valence-corrected chi connectivity index (χ3v) is 13.5. The SMILES string of the molecule is c1cc(-c2ccc(N(c3ccc(-c4ccc(-c5ccc6ccccc6c5)cc4)cc3)c3ccc(-n4c5ccccc5c5ccccc54)cc3)cc2)cc(-n2c3ccccc3c3ccccc32)c1. The topological polar surface area (TPSA) is 13.1 Å². The number of fused-ring (bicyclic) bond motifs is 7. The molecule has 2 aromatic heterocycles. The number of para-hydroxylation sites is 4. The number of anilines is 3. The highest BCUT2D eigenvalue weighted by atomic mass is 15.1. The molecule has 11 aromatic carbocycles. The van der Waals surface area contributed by atoms with Crippen LogP contribution in [0.5, 0.6) is 0 Å². The first-order valence-electron chi connectivity index (χ1n) is 23.0. The van der Waals surface area contributed by atoms with Gasteiger partial charge in [-0.15, -0.1) is 0 Å². The zero-order chi connectivity index (χ0) is 44.3. The van der Waals surface area contributed by atoms with Crippen LogP contribution in [0.4, 0.5) is 17.1 Å². The highest BCUT2D eigenvalue weighted by Crippen LogP contribution is 2.40. The van der Waals surface area contributed by atoms with Crippen LogP contribution in [0.3, 0.4) is 0 Å². The quantitative estimate of drug-likeness (QED) is 0.148. The van der Waals surface area contributed by atoms with E-state index in [-0.39, 0.29) is 0 Å². The van der Waals surface area contributed by atoms with Crippen LogP contribution < -0.4 is 4.90 Å². The molecule has 314 valence electrons. The predicted molar refractivity (Wildman–Crippen MR) is 284 cm³/mol. The fourth-order valence-electron chi connectivity index (χ4n) is 10.3.